The first-order chi connectivity index (χ1) is 6.16. The molecule has 1 nitrogen and oxygen atoms in total. The Morgan fingerprint density at radius 3 is 2.54 bits per heavy atom. The minimum Gasteiger partial charge on any atom is -0.313 e. The Hall–Kier alpha value is -0.960. The molecule has 0 saturated heterocycles. The van der Waals surface area contributed by atoms with Crippen LogP contribution in [0.1, 0.15) is 18.1 Å². The Balaban J connectivity index is 2.90. The first-order valence-corrected chi connectivity index (χ1v) is 4.31. The van der Waals surface area contributed by atoms with Gasteiger partial charge < -0.3 is 5.32 Å². The first-order valence-electron chi connectivity index (χ1n) is 4.31. The molecule has 1 aromatic rings. The van der Waals surface area contributed by atoms with Crippen LogP contribution < -0.4 is 5.32 Å². The quantitative estimate of drug-likeness (QED) is 0.762. The molecule has 1 aromatic carbocycles. The zero-order chi connectivity index (χ0) is 9.84. The van der Waals surface area contributed by atoms with Gasteiger partial charge in [0.25, 0.3) is 0 Å². The van der Waals surface area contributed by atoms with E-state index in [2.05, 4.69) is 5.32 Å². The Labute approximate surface area is 76.8 Å². The minimum atomic E-state index is -0.740. The largest absolute Gasteiger partial charge is 0.313 e. The molecule has 0 aliphatic heterocycles. The van der Waals surface area contributed by atoms with E-state index in [1.807, 2.05) is 6.92 Å². The zero-order valence-corrected chi connectivity index (χ0v) is 7.82. The van der Waals surface area contributed by atoms with Crippen molar-refractivity contribution in [3.63, 3.8) is 0 Å². The summed E-state index contributed by atoms with van der Waals surface area (Å²) in [6.07, 6.45) is 0. The zero-order valence-electron chi connectivity index (χ0n) is 7.82. The van der Waals surface area contributed by atoms with Crippen molar-refractivity contribution in [1.29, 1.82) is 0 Å². The highest BCUT2D eigenvalue weighted by atomic mass is 19.2. The molecule has 0 aliphatic carbocycles. The van der Waals surface area contributed by atoms with E-state index in [4.69, 9.17) is 0 Å². The van der Waals surface area contributed by atoms with Crippen LogP contribution in [0, 0.1) is 18.6 Å². The van der Waals surface area contributed by atoms with E-state index >= 15 is 0 Å². The van der Waals surface area contributed by atoms with Crippen LogP contribution in [0.5, 0.6) is 0 Å². The molecule has 0 fully saturated rings. The predicted octanol–water partition coefficient (Wildman–Crippen LogP) is 2.38. The van der Waals surface area contributed by atoms with Gasteiger partial charge in [-0.25, -0.2) is 8.78 Å². The van der Waals surface area contributed by atoms with Gasteiger partial charge in [0.05, 0.1) is 0 Å². The van der Waals surface area contributed by atoms with Crippen molar-refractivity contribution >= 4 is 0 Å². The Morgan fingerprint density at radius 2 is 1.92 bits per heavy atom. The lowest BCUT2D eigenvalue weighted by atomic mass is 10.1. The van der Waals surface area contributed by atoms with Crippen LogP contribution >= 0.6 is 0 Å². The summed E-state index contributed by atoms with van der Waals surface area (Å²) >= 11 is 0. The summed E-state index contributed by atoms with van der Waals surface area (Å²) < 4.78 is 26.2. The van der Waals surface area contributed by atoms with Crippen molar-refractivity contribution in [2.75, 3.05) is 6.54 Å². The third-order valence-corrected chi connectivity index (χ3v) is 1.92. The molecule has 0 radical (unpaired) electrons. The van der Waals surface area contributed by atoms with Crippen molar-refractivity contribution in [2.45, 2.75) is 20.4 Å². The lowest BCUT2D eigenvalue weighted by Gasteiger charge is -2.05. The predicted molar refractivity (Wildman–Crippen MR) is 48.5 cm³/mol. The van der Waals surface area contributed by atoms with Gasteiger partial charge in [0.15, 0.2) is 11.6 Å². The third-order valence-electron chi connectivity index (χ3n) is 1.92. The summed E-state index contributed by atoms with van der Waals surface area (Å²) in [4.78, 5) is 0. The van der Waals surface area contributed by atoms with Crippen LogP contribution in [0.4, 0.5) is 8.78 Å². The molecule has 0 bridgehead atoms. The Bertz CT molecular complexity index is 297. The number of hydrogen-bond donors (Lipinski definition) is 1. The highest BCUT2D eigenvalue weighted by molar-refractivity contribution is 5.25. The minimum absolute atomic E-state index is 0.345. The molecule has 0 spiro atoms. The van der Waals surface area contributed by atoms with Gasteiger partial charge in [-0.05, 0) is 19.0 Å². The monoisotopic (exact) mass is 185 g/mol. The smallest absolute Gasteiger partial charge is 0.163 e. The normalized spacial score (nSPS) is 10.5. The average molecular weight is 185 g/mol. The summed E-state index contributed by atoms with van der Waals surface area (Å²) in [5.74, 6) is -1.48. The van der Waals surface area contributed by atoms with E-state index in [1.54, 1.807) is 19.1 Å². The summed E-state index contributed by atoms with van der Waals surface area (Å²) in [7, 11) is 0. The Morgan fingerprint density at radius 1 is 1.23 bits per heavy atom. The first kappa shape index (κ1) is 10.1. The second-order valence-electron chi connectivity index (χ2n) is 2.95. The second kappa shape index (κ2) is 4.33. The summed E-state index contributed by atoms with van der Waals surface area (Å²) in [6, 6.07) is 3.20. The van der Waals surface area contributed by atoms with E-state index in [1.165, 1.54) is 0 Å². The van der Waals surface area contributed by atoms with Gasteiger partial charge in [0.2, 0.25) is 0 Å². The standard InChI is InChI=1S/C10H13F2N/c1-3-13-6-8-5-4-7(2)9(11)10(8)12/h4-5,13H,3,6H2,1-2H3. The van der Waals surface area contributed by atoms with Gasteiger partial charge in [-0.1, -0.05) is 19.1 Å². The summed E-state index contributed by atoms with van der Waals surface area (Å²) in [5, 5.41) is 2.95. The molecule has 13 heavy (non-hydrogen) atoms. The molecule has 3 heteroatoms. The molecule has 0 amide bonds. The molecule has 0 heterocycles. The summed E-state index contributed by atoms with van der Waals surface area (Å²) in [6.45, 7) is 4.59. The number of rotatable bonds is 3. The highest BCUT2D eigenvalue weighted by Gasteiger charge is 2.09. The van der Waals surface area contributed by atoms with E-state index in [0.717, 1.165) is 6.54 Å². The maximum atomic E-state index is 13.2. The second-order valence-corrected chi connectivity index (χ2v) is 2.95. The van der Waals surface area contributed by atoms with Gasteiger partial charge in [0.1, 0.15) is 0 Å². The van der Waals surface area contributed by atoms with Crippen LogP contribution in [0.3, 0.4) is 0 Å². The van der Waals surface area contributed by atoms with Gasteiger partial charge in [0, 0.05) is 12.1 Å². The third kappa shape index (κ3) is 2.25. The molecule has 0 aliphatic rings. The van der Waals surface area contributed by atoms with Crippen LogP contribution in [-0.2, 0) is 6.54 Å². The van der Waals surface area contributed by atoms with Crippen LogP contribution in [0.25, 0.3) is 0 Å². The fraction of sp³-hybridized carbons (Fsp3) is 0.400. The van der Waals surface area contributed by atoms with E-state index in [0.29, 0.717) is 17.7 Å². The number of nitrogens with one attached hydrogen (secondary N) is 1. The molecular formula is C10H13F2N. The maximum Gasteiger partial charge on any atom is 0.163 e. The molecule has 0 unspecified atom stereocenters. The van der Waals surface area contributed by atoms with E-state index in [-0.39, 0.29) is 0 Å². The number of aryl methyl sites for hydroxylation is 1. The lowest BCUT2D eigenvalue weighted by Crippen LogP contribution is -2.13. The molecule has 0 atom stereocenters. The highest BCUT2D eigenvalue weighted by Crippen LogP contribution is 2.15. The average Bonchev–Trinajstić information content (AvgIpc) is 2.13. The van der Waals surface area contributed by atoms with Gasteiger partial charge >= 0.3 is 0 Å². The van der Waals surface area contributed by atoms with E-state index in [9.17, 15) is 8.78 Å². The fourth-order valence-corrected chi connectivity index (χ4v) is 1.08. The molecule has 1 N–H and O–H groups in total. The SMILES string of the molecule is CCNCc1ccc(C)c(F)c1F. The fourth-order valence-electron chi connectivity index (χ4n) is 1.08. The topological polar surface area (TPSA) is 12.0 Å². The van der Waals surface area contributed by atoms with E-state index < -0.39 is 11.6 Å². The molecule has 72 valence electrons. The molecular weight excluding hydrogens is 172 g/mol. The van der Waals surface area contributed by atoms with Gasteiger partial charge in [-0.3, -0.25) is 0 Å². The van der Waals surface area contributed by atoms with Crippen LogP contribution in [0.15, 0.2) is 12.1 Å². The Kier molecular flexibility index (Phi) is 3.37. The molecule has 0 saturated carbocycles. The molecule has 0 aromatic heterocycles. The lowest BCUT2D eigenvalue weighted by molar-refractivity contribution is 0.489. The van der Waals surface area contributed by atoms with Crippen molar-refractivity contribution < 1.29 is 8.78 Å². The molecule has 1 rings (SSSR count). The summed E-state index contributed by atoms with van der Waals surface area (Å²) in [5.41, 5.74) is 0.725. The van der Waals surface area contributed by atoms with Gasteiger partial charge in [-0.15, -0.1) is 0 Å². The van der Waals surface area contributed by atoms with Crippen LogP contribution in [-0.4, -0.2) is 6.54 Å². The number of hydrogen-bond acceptors (Lipinski definition) is 1. The van der Waals surface area contributed by atoms with Crippen LogP contribution in [0.2, 0.25) is 0 Å². The number of benzene rings is 1. The van der Waals surface area contributed by atoms with Crippen molar-refractivity contribution in [1.82, 2.24) is 5.32 Å². The van der Waals surface area contributed by atoms with Crippen molar-refractivity contribution in [3.8, 4) is 0 Å². The van der Waals surface area contributed by atoms with Crippen molar-refractivity contribution in [2.24, 2.45) is 0 Å². The van der Waals surface area contributed by atoms with Gasteiger partial charge in [-0.2, -0.15) is 0 Å². The number of halogens is 2. The maximum absolute atomic E-state index is 13.2. The van der Waals surface area contributed by atoms with Crippen molar-refractivity contribution in [3.05, 3.63) is 34.9 Å².